The molecule has 1 aliphatic rings. The Hall–Kier alpha value is -2.12. The van der Waals surface area contributed by atoms with Crippen LogP contribution in [0.25, 0.3) is 0 Å². The number of rotatable bonds is 9. The van der Waals surface area contributed by atoms with Crippen molar-refractivity contribution in [1.82, 2.24) is 4.90 Å². The number of aliphatic hydroxyl groups excluding tert-OH is 2. The first-order valence-electron chi connectivity index (χ1n) is 11.4. The molecule has 1 amide bonds. The number of carboxylic acids is 1. The maximum absolute atomic E-state index is 13.9. The maximum atomic E-state index is 13.9. The first kappa shape index (κ1) is 26.5. The fraction of sp³-hybridized carbons (Fsp3) is 0.462. The van der Waals surface area contributed by atoms with Crippen molar-refractivity contribution in [3.63, 3.8) is 0 Å². The smallest absolute Gasteiger partial charge is 0.304 e. The first-order chi connectivity index (χ1) is 16.1. The number of aliphatic hydroxyl groups is 2. The average molecular weight is 508 g/mol. The minimum atomic E-state index is -1.17. The van der Waals surface area contributed by atoms with Crippen LogP contribution in [0.3, 0.4) is 0 Å². The van der Waals surface area contributed by atoms with E-state index in [0.717, 1.165) is 11.1 Å². The first-order valence-corrected chi connectivity index (χ1v) is 12.2. The SMILES string of the molecule is CC[C@@H]([C@H](O)CO)N1C(=O)[C@@](C)(CC(=O)O)C[C@H](Cc2cccc(Cl)c2)[C@H]1c1ccc(Cl)cc1. The molecule has 5 atom stereocenters. The molecule has 1 heterocycles. The minimum absolute atomic E-state index is 0.165. The summed E-state index contributed by atoms with van der Waals surface area (Å²) >= 11 is 12.4. The lowest BCUT2D eigenvalue weighted by Crippen LogP contribution is -2.59. The molecular weight excluding hydrogens is 477 g/mol. The van der Waals surface area contributed by atoms with Gasteiger partial charge in [0.05, 0.1) is 36.6 Å². The van der Waals surface area contributed by atoms with Crippen molar-refractivity contribution in [2.75, 3.05) is 6.61 Å². The zero-order valence-corrected chi connectivity index (χ0v) is 20.8. The highest BCUT2D eigenvalue weighted by Gasteiger charge is 2.52. The van der Waals surface area contributed by atoms with E-state index in [1.807, 2.05) is 37.3 Å². The number of hydrogen-bond acceptors (Lipinski definition) is 4. The zero-order chi connectivity index (χ0) is 25.0. The van der Waals surface area contributed by atoms with E-state index in [1.165, 1.54) is 0 Å². The molecule has 0 unspecified atom stereocenters. The van der Waals surface area contributed by atoms with Crippen molar-refractivity contribution in [3.8, 4) is 0 Å². The zero-order valence-electron chi connectivity index (χ0n) is 19.3. The molecule has 0 bridgehead atoms. The number of halogens is 2. The monoisotopic (exact) mass is 507 g/mol. The third-order valence-electron chi connectivity index (χ3n) is 6.76. The number of benzene rings is 2. The Morgan fingerprint density at radius 2 is 1.85 bits per heavy atom. The lowest BCUT2D eigenvalue weighted by atomic mass is 9.67. The summed E-state index contributed by atoms with van der Waals surface area (Å²) in [6.07, 6.45) is -0.195. The molecule has 0 spiro atoms. The van der Waals surface area contributed by atoms with Crippen LogP contribution in [0.5, 0.6) is 0 Å². The molecule has 0 radical (unpaired) electrons. The predicted octanol–water partition coefficient (Wildman–Crippen LogP) is 4.74. The van der Waals surface area contributed by atoms with E-state index in [-0.39, 0.29) is 18.2 Å². The van der Waals surface area contributed by atoms with Crippen LogP contribution in [-0.4, -0.2) is 50.8 Å². The molecule has 3 rings (SSSR count). The summed E-state index contributed by atoms with van der Waals surface area (Å²) in [4.78, 5) is 27.3. The van der Waals surface area contributed by atoms with Crippen LogP contribution in [-0.2, 0) is 16.0 Å². The molecule has 1 fully saturated rings. The van der Waals surface area contributed by atoms with Gasteiger partial charge < -0.3 is 20.2 Å². The lowest BCUT2D eigenvalue weighted by Gasteiger charge is -2.52. The van der Waals surface area contributed by atoms with Gasteiger partial charge in [0.1, 0.15) is 0 Å². The topological polar surface area (TPSA) is 98.1 Å². The summed E-state index contributed by atoms with van der Waals surface area (Å²) in [6.45, 7) is 3.01. The molecule has 1 saturated heterocycles. The molecule has 0 aliphatic carbocycles. The van der Waals surface area contributed by atoms with Gasteiger partial charge in [0, 0.05) is 10.0 Å². The molecule has 6 nitrogen and oxygen atoms in total. The number of carboxylic acid groups (broad SMARTS) is 1. The number of amides is 1. The molecule has 2 aromatic carbocycles. The largest absolute Gasteiger partial charge is 0.481 e. The van der Waals surface area contributed by atoms with Gasteiger partial charge in [-0.2, -0.15) is 0 Å². The van der Waals surface area contributed by atoms with E-state index in [9.17, 15) is 24.9 Å². The summed E-state index contributed by atoms with van der Waals surface area (Å²) in [5.74, 6) is -1.56. The number of hydrogen-bond donors (Lipinski definition) is 3. The highest BCUT2D eigenvalue weighted by Crippen LogP contribution is 2.49. The molecule has 0 saturated carbocycles. The number of carbonyl (C=O) groups excluding carboxylic acids is 1. The van der Waals surface area contributed by atoms with E-state index in [0.29, 0.717) is 29.3 Å². The van der Waals surface area contributed by atoms with E-state index in [1.54, 1.807) is 30.0 Å². The Bertz CT molecular complexity index is 1010. The van der Waals surface area contributed by atoms with Gasteiger partial charge in [-0.1, -0.05) is 61.3 Å². The summed E-state index contributed by atoms with van der Waals surface area (Å²) in [5.41, 5.74) is 0.644. The summed E-state index contributed by atoms with van der Waals surface area (Å²) in [5, 5.41) is 31.2. The van der Waals surface area contributed by atoms with Crippen LogP contribution in [0.4, 0.5) is 0 Å². The van der Waals surface area contributed by atoms with Gasteiger partial charge in [-0.15, -0.1) is 0 Å². The Kier molecular flexibility index (Phi) is 8.63. The molecule has 8 heteroatoms. The Labute approximate surface area is 210 Å². The second-order valence-corrected chi connectivity index (χ2v) is 10.2. The van der Waals surface area contributed by atoms with Crippen molar-refractivity contribution >= 4 is 35.1 Å². The molecule has 2 aromatic rings. The second-order valence-electron chi connectivity index (χ2n) is 9.36. The summed E-state index contributed by atoms with van der Waals surface area (Å²) in [7, 11) is 0. The highest BCUT2D eigenvalue weighted by molar-refractivity contribution is 6.30. The van der Waals surface area contributed by atoms with E-state index in [4.69, 9.17) is 23.2 Å². The predicted molar refractivity (Wildman–Crippen MR) is 132 cm³/mol. The van der Waals surface area contributed by atoms with Gasteiger partial charge in [-0.05, 0) is 60.6 Å². The second kappa shape index (κ2) is 11.1. The van der Waals surface area contributed by atoms with Crippen molar-refractivity contribution < 1.29 is 24.9 Å². The Morgan fingerprint density at radius 3 is 2.41 bits per heavy atom. The van der Waals surface area contributed by atoms with E-state index in [2.05, 4.69) is 0 Å². The van der Waals surface area contributed by atoms with Gasteiger partial charge in [0.25, 0.3) is 0 Å². The number of likely N-dealkylation sites (tertiary alicyclic amines) is 1. The summed E-state index contributed by atoms with van der Waals surface area (Å²) < 4.78 is 0. The van der Waals surface area contributed by atoms with Crippen LogP contribution in [0.2, 0.25) is 10.0 Å². The van der Waals surface area contributed by atoms with Crippen molar-refractivity contribution in [2.45, 2.75) is 57.7 Å². The molecule has 1 aliphatic heterocycles. The highest BCUT2D eigenvalue weighted by atomic mass is 35.5. The van der Waals surface area contributed by atoms with Crippen molar-refractivity contribution in [1.29, 1.82) is 0 Å². The minimum Gasteiger partial charge on any atom is -0.481 e. The number of carbonyl (C=O) groups is 2. The third kappa shape index (κ3) is 5.74. The molecule has 184 valence electrons. The molecule has 34 heavy (non-hydrogen) atoms. The lowest BCUT2D eigenvalue weighted by molar-refractivity contribution is -0.167. The Balaban J connectivity index is 2.17. The molecule has 3 N–H and O–H groups in total. The maximum Gasteiger partial charge on any atom is 0.304 e. The quantitative estimate of drug-likeness (QED) is 0.455. The van der Waals surface area contributed by atoms with E-state index < -0.39 is 36.2 Å². The van der Waals surface area contributed by atoms with Gasteiger partial charge in [0.2, 0.25) is 5.91 Å². The van der Waals surface area contributed by atoms with Crippen molar-refractivity contribution in [3.05, 3.63) is 69.7 Å². The van der Waals surface area contributed by atoms with Gasteiger partial charge in [-0.3, -0.25) is 9.59 Å². The van der Waals surface area contributed by atoms with Gasteiger partial charge >= 0.3 is 5.97 Å². The third-order valence-corrected chi connectivity index (χ3v) is 7.24. The van der Waals surface area contributed by atoms with Crippen molar-refractivity contribution in [2.24, 2.45) is 11.3 Å². The van der Waals surface area contributed by atoms with Gasteiger partial charge in [0.15, 0.2) is 0 Å². The fourth-order valence-electron chi connectivity index (χ4n) is 5.30. The Morgan fingerprint density at radius 1 is 1.18 bits per heavy atom. The number of aliphatic carboxylic acids is 1. The normalized spacial score (nSPS) is 24.6. The average Bonchev–Trinajstić information content (AvgIpc) is 2.77. The molecule has 0 aromatic heterocycles. The summed E-state index contributed by atoms with van der Waals surface area (Å²) in [6, 6.07) is 13.6. The van der Waals surface area contributed by atoms with Crippen LogP contribution < -0.4 is 0 Å². The molecular formula is C26H31Cl2NO5. The van der Waals surface area contributed by atoms with Crippen LogP contribution in [0.1, 0.15) is 50.3 Å². The fourth-order valence-corrected chi connectivity index (χ4v) is 5.64. The number of piperidine rings is 1. The van der Waals surface area contributed by atoms with E-state index >= 15 is 0 Å². The van der Waals surface area contributed by atoms with Crippen LogP contribution in [0.15, 0.2) is 48.5 Å². The van der Waals surface area contributed by atoms with Crippen LogP contribution in [0, 0.1) is 11.3 Å². The number of nitrogens with zero attached hydrogens (tertiary/aromatic N) is 1. The standard InChI is InChI=1S/C26H31Cl2NO5/c1-3-21(22(31)15-30)29-24(17-7-9-19(27)10-8-17)18(11-16-5-4-6-20(28)12-16)13-26(2,25(29)34)14-23(32)33/h4-10,12,18,21-22,24,30-31H,3,11,13-15H2,1-2H3,(H,32,33)/t18-,21-,22+,24+,26+/m0/s1. The van der Waals surface area contributed by atoms with Crippen LogP contribution >= 0.6 is 23.2 Å². The van der Waals surface area contributed by atoms with Gasteiger partial charge in [-0.25, -0.2) is 0 Å².